The van der Waals surface area contributed by atoms with Gasteiger partial charge in [0.2, 0.25) is 0 Å². The SMILES string of the molecule is COCCN(CCC#N)c1ccnc(C)c1. The molecular formula is C12H17N3O. The maximum atomic E-state index is 8.62. The minimum Gasteiger partial charge on any atom is -0.383 e. The van der Waals surface area contributed by atoms with Crippen LogP contribution in [-0.4, -0.2) is 31.8 Å². The first-order chi connectivity index (χ1) is 7.77. The van der Waals surface area contributed by atoms with Crippen LogP contribution in [0, 0.1) is 18.3 Å². The summed E-state index contributed by atoms with van der Waals surface area (Å²) < 4.78 is 5.06. The topological polar surface area (TPSA) is 49.1 Å². The van der Waals surface area contributed by atoms with Gasteiger partial charge in [-0.2, -0.15) is 5.26 Å². The summed E-state index contributed by atoms with van der Waals surface area (Å²) in [6.07, 6.45) is 2.31. The quantitative estimate of drug-likeness (QED) is 0.731. The van der Waals surface area contributed by atoms with Gasteiger partial charge in [-0.15, -0.1) is 0 Å². The van der Waals surface area contributed by atoms with E-state index in [9.17, 15) is 0 Å². The van der Waals surface area contributed by atoms with Crippen LogP contribution in [0.1, 0.15) is 12.1 Å². The number of hydrogen-bond donors (Lipinski definition) is 0. The predicted octanol–water partition coefficient (Wildman–Crippen LogP) is 1.76. The minimum atomic E-state index is 0.519. The molecule has 0 amide bonds. The number of pyridine rings is 1. The van der Waals surface area contributed by atoms with Gasteiger partial charge in [0, 0.05) is 37.8 Å². The van der Waals surface area contributed by atoms with E-state index in [0.717, 1.165) is 24.5 Å². The molecule has 1 aromatic heterocycles. The molecule has 4 heteroatoms. The third-order valence-corrected chi connectivity index (χ3v) is 2.30. The number of nitriles is 1. The largest absolute Gasteiger partial charge is 0.383 e. The molecule has 0 aliphatic rings. The highest BCUT2D eigenvalue weighted by Crippen LogP contribution is 2.14. The molecule has 0 atom stereocenters. The van der Waals surface area contributed by atoms with Crippen LogP contribution >= 0.6 is 0 Å². The number of methoxy groups -OCH3 is 1. The van der Waals surface area contributed by atoms with Gasteiger partial charge in [-0.05, 0) is 19.1 Å². The molecule has 86 valence electrons. The zero-order valence-electron chi connectivity index (χ0n) is 9.81. The molecule has 0 N–H and O–H groups in total. The smallest absolute Gasteiger partial charge is 0.0640 e. The zero-order chi connectivity index (χ0) is 11.8. The van der Waals surface area contributed by atoms with Crippen molar-refractivity contribution >= 4 is 5.69 Å². The van der Waals surface area contributed by atoms with Crippen molar-refractivity contribution in [1.29, 1.82) is 5.26 Å². The van der Waals surface area contributed by atoms with Gasteiger partial charge in [0.1, 0.15) is 0 Å². The Labute approximate surface area is 96.5 Å². The lowest BCUT2D eigenvalue weighted by molar-refractivity contribution is 0.205. The summed E-state index contributed by atoms with van der Waals surface area (Å²) in [4.78, 5) is 6.30. The lowest BCUT2D eigenvalue weighted by Crippen LogP contribution is -2.28. The summed E-state index contributed by atoms with van der Waals surface area (Å²) in [5.74, 6) is 0. The number of anilines is 1. The Morgan fingerprint density at radius 2 is 2.31 bits per heavy atom. The Hall–Kier alpha value is -1.60. The molecule has 1 rings (SSSR count). The molecule has 0 aromatic carbocycles. The summed E-state index contributed by atoms with van der Waals surface area (Å²) in [7, 11) is 1.68. The van der Waals surface area contributed by atoms with Gasteiger partial charge in [0.05, 0.1) is 19.1 Å². The van der Waals surface area contributed by atoms with Crippen LogP contribution in [0.5, 0.6) is 0 Å². The summed E-state index contributed by atoms with van der Waals surface area (Å²) in [5, 5.41) is 8.62. The van der Waals surface area contributed by atoms with Gasteiger partial charge < -0.3 is 9.64 Å². The maximum absolute atomic E-state index is 8.62. The van der Waals surface area contributed by atoms with E-state index in [4.69, 9.17) is 10.00 Å². The number of rotatable bonds is 6. The van der Waals surface area contributed by atoms with Crippen molar-refractivity contribution in [2.75, 3.05) is 31.7 Å². The number of ether oxygens (including phenoxy) is 1. The zero-order valence-corrected chi connectivity index (χ0v) is 9.81. The van der Waals surface area contributed by atoms with E-state index in [0.29, 0.717) is 13.0 Å². The second-order valence-electron chi connectivity index (χ2n) is 3.54. The van der Waals surface area contributed by atoms with Gasteiger partial charge in [-0.1, -0.05) is 0 Å². The first-order valence-electron chi connectivity index (χ1n) is 5.31. The summed E-state index contributed by atoms with van der Waals surface area (Å²) >= 11 is 0. The van der Waals surface area contributed by atoms with E-state index in [1.807, 2.05) is 19.1 Å². The first kappa shape index (κ1) is 12.5. The molecule has 0 aliphatic carbocycles. The molecule has 0 saturated heterocycles. The van der Waals surface area contributed by atoms with Gasteiger partial charge in [0.15, 0.2) is 0 Å². The lowest BCUT2D eigenvalue weighted by atomic mass is 10.3. The summed E-state index contributed by atoms with van der Waals surface area (Å²) in [6, 6.07) is 6.14. The number of aryl methyl sites for hydroxylation is 1. The molecule has 16 heavy (non-hydrogen) atoms. The average Bonchev–Trinajstić information content (AvgIpc) is 2.29. The van der Waals surface area contributed by atoms with Crippen LogP contribution < -0.4 is 4.90 Å². The third-order valence-electron chi connectivity index (χ3n) is 2.30. The molecule has 4 nitrogen and oxygen atoms in total. The van der Waals surface area contributed by atoms with Crippen LogP contribution in [0.3, 0.4) is 0 Å². The van der Waals surface area contributed by atoms with E-state index in [1.165, 1.54) is 0 Å². The molecular weight excluding hydrogens is 202 g/mol. The van der Waals surface area contributed by atoms with Crippen molar-refractivity contribution < 1.29 is 4.74 Å². The monoisotopic (exact) mass is 219 g/mol. The second kappa shape index (κ2) is 6.81. The summed E-state index contributed by atoms with van der Waals surface area (Å²) in [6.45, 7) is 4.14. The molecule has 1 heterocycles. The van der Waals surface area contributed by atoms with Crippen LogP contribution in [0.15, 0.2) is 18.3 Å². The fourth-order valence-corrected chi connectivity index (χ4v) is 1.48. The lowest BCUT2D eigenvalue weighted by Gasteiger charge is -2.23. The molecule has 0 aliphatic heterocycles. The van der Waals surface area contributed by atoms with Crippen molar-refractivity contribution in [3.05, 3.63) is 24.0 Å². The molecule has 0 saturated carbocycles. The molecule has 0 fully saturated rings. The van der Waals surface area contributed by atoms with Gasteiger partial charge in [-0.3, -0.25) is 4.98 Å². The Morgan fingerprint density at radius 3 is 2.94 bits per heavy atom. The van der Waals surface area contributed by atoms with E-state index in [2.05, 4.69) is 16.0 Å². The van der Waals surface area contributed by atoms with Gasteiger partial charge in [0.25, 0.3) is 0 Å². The Bertz CT molecular complexity index is 360. The van der Waals surface area contributed by atoms with Crippen LogP contribution in [0.4, 0.5) is 5.69 Å². The highest BCUT2D eigenvalue weighted by molar-refractivity contribution is 5.46. The fourth-order valence-electron chi connectivity index (χ4n) is 1.48. The van der Waals surface area contributed by atoms with E-state index < -0.39 is 0 Å². The fraction of sp³-hybridized carbons (Fsp3) is 0.500. The van der Waals surface area contributed by atoms with Crippen molar-refractivity contribution in [2.45, 2.75) is 13.3 Å². The maximum Gasteiger partial charge on any atom is 0.0640 e. The predicted molar refractivity (Wildman–Crippen MR) is 63.3 cm³/mol. The van der Waals surface area contributed by atoms with Crippen LogP contribution in [0.2, 0.25) is 0 Å². The van der Waals surface area contributed by atoms with Crippen molar-refractivity contribution in [2.24, 2.45) is 0 Å². The molecule has 0 bridgehead atoms. The minimum absolute atomic E-state index is 0.519. The molecule has 0 radical (unpaired) electrons. The van der Waals surface area contributed by atoms with Crippen LogP contribution in [-0.2, 0) is 4.74 Å². The van der Waals surface area contributed by atoms with Gasteiger partial charge >= 0.3 is 0 Å². The third kappa shape index (κ3) is 3.87. The van der Waals surface area contributed by atoms with E-state index >= 15 is 0 Å². The van der Waals surface area contributed by atoms with Crippen molar-refractivity contribution in [3.63, 3.8) is 0 Å². The number of hydrogen-bond acceptors (Lipinski definition) is 4. The summed E-state index contributed by atoms with van der Waals surface area (Å²) in [5.41, 5.74) is 2.08. The van der Waals surface area contributed by atoms with Crippen molar-refractivity contribution in [3.8, 4) is 6.07 Å². The van der Waals surface area contributed by atoms with Gasteiger partial charge in [-0.25, -0.2) is 0 Å². The Balaban J connectivity index is 2.70. The number of nitrogens with zero attached hydrogens (tertiary/aromatic N) is 3. The van der Waals surface area contributed by atoms with E-state index in [1.54, 1.807) is 13.3 Å². The van der Waals surface area contributed by atoms with Crippen LogP contribution in [0.25, 0.3) is 0 Å². The normalized spacial score (nSPS) is 9.81. The molecule has 0 spiro atoms. The average molecular weight is 219 g/mol. The highest BCUT2D eigenvalue weighted by atomic mass is 16.5. The Kier molecular flexibility index (Phi) is 5.30. The molecule has 1 aromatic rings. The molecule has 0 unspecified atom stereocenters. The Morgan fingerprint density at radius 1 is 1.50 bits per heavy atom. The van der Waals surface area contributed by atoms with Crippen molar-refractivity contribution in [1.82, 2.24) is 4.98 Å². The standard InChI is InChI=1S/C12H17N3O/c1-11-10-12(4-6-14-11)15(7-3-5-13)8-9-16-2/h4,6,10H,3,7-9H2,1-2H3. The number of aromatic nitrogens is 1. The highest BCUT2D eigenvalue weighted by Gasteiger charge is 2.05. The first-order valence-corrected chi connectivity index (χ1v) is 5.31. The second-order valence-corrected chi connectivity index (χ2v) is 3.54. The van der Waals surface area contributed by atoms with E-state index in [-0.39, 0.29) is 0 Å².